The summed E-state index contributed by atoms with van der Waals surface area (Å²) in [5, 5.41) is 14.5. The third kappa shape index (κ3) is 11.6. The van der Waals surface area contributed by atoms with Gasteiger partial charge >= 0.3 is 0 Å². The molecule has 0 aromatic carbocycles. The minimum atomic E-state index is 0.0437. The van der Waals surface area contributed by atoms with Crippen molar-refractivity contribution in [2.24, 2.45) is 0 Å². The first-order chi connectivity index (χ1) is 8.20. The third-order valence-electron chi connectivity index (χ3n) is 2.29. The number of hydrogen-bond acceptors (Lipinski definition) is 4. The van der Waals surface area contributed by atoms with Crippen LogP contribution in [0.3, 0.4) is 0 Å². The molecule has 0 saturated heterocycles. The van der Waals surface area contributed by atoms with Crippen LogP contribution < -0.4 is 10.6 Å². The van der Waals surface area contributed by atoms with Crippen LogP contribution in [-0.2, 0) is 9.53 Å². The summed E-state index contributed by atoms with van der Waals surface area (Å²) < 4.78 is 5.10. The molecule has 0 spiro atoms. The van der Waals surface area contributed by atoms with Gasteiger partial charge in [-0.15, -0.1) is 0 Å². The van der Waals surface area contributed by atoms with E-state index in [0.717, 1.165) is 25.8 Å². The van der Waals surface area contributed by atoms with E-state index in [1.165, 1.54) is 0 Å². The summed E-state index contributed by atoms with van der Waals surface area (Å²) in [6, 6.07) is 0.252. The van der Waals surface area contributed by atoms with Crippen molar-refractivity contribution in [1.82, 2.24) is 10.6 Å². The van der Waals surface area contributed by atoms with E-state index in [9.17, 15) is 4.79 Å². The zero-order valence-electron chi connectivity index (χ0n) is 11.0. The Morgan fingerprint density at radius 3 is 2.82 bits per heavy atom. The molecule has 0 heterocycles. The van der Waals surface area contributed by atoms with Crippen LogP contribution >= 0.6 is 0 Å². The van der Waals surface area contributed by atoms with Crippen molar-refractivity contribution in [3.05, 3.63) is 0 Å². The minimum absolute atomic E-state index is 0.0437. The molecule has 1 unspecified atom stereocenters. The normalized spacial score (nSPS) is 12.4. The molecule has 0 aliphatic heterocycles. The van der Waals surface area contributed by atoms with Gasteiger partial charge < -0.3 is 20.5 Å². The number of aliphatic hydroxyl groups excluding tert-OH is 1. The number of nitrogens with one attached hydrogen (secondary N) is 2. The second-order valence-corrected chi connectivity index (χ2v) is 4.12. The molecule has 0 fully saturated rings. The molecule has 0 rings (SSSR count). The monoisotopic (exact) mass is 246 g/mol. The summed E-state index contributed by atoms with van der Waals surface area (Å²) in [4.78, 5) is 11.4. The fraction of sp³-hybridized carbons (Fsp3) is 0.917. The summed E-state index contributed by atoms with van der Waals surface area (Å²) in [6.07, 6.45) is 2.94. The first-order valence-electron chi connectivity index (χ1n) is 6.39. The maximum absolute atomic E-state index is 11.4. The number of aliphatic hydroxyl groups is 1. The molecule has 3 N–H and O–H groups in total. The van der Waals surface area contributed by atoms with Gasteiger partial charge in [0.15, 0.2) is 0 Å². The summed E-state index contributed by atoms with van der Waals surface area (Å²) in [5.41, 5.74) is 0. The molecular formula is C12H26N2O3. The van der Waals surface area contributed by atoms with E-state index in [4.69, 9.17) is 9.84 Å². The Hall–Kier alpha value is -0.650. The summed E-state index contributed by atoms with van der Waals surface area (Å²) in [5.74, 6) is 0.0437. The number of amides is 1. The van der Waals surface area contributed by atoms with Crippen molar-refractivity contribution in [3.8, 4) is 0 Å². The summed E-state index contributed by atoms with van der Waals surface area (Å²) >= 11 is 0. The standard InChI is InChI=1S/C12H26N2O3/c1-3-5-11(2)14-12(16)10-13-6-4-8-17-9-7-15/h11,13,15H,3-10H2,1-2H3,(H,14,16). The molecular weight excluding hydrogens is 220 g/mol. The van der Waals surface area contributed by atoms with E-state index < -0.39 is 0 Å². The van der Waals surface area contributed by atoms with Crippen LogP contribution in [0.2, 0.25) is 0 Å². The Morgan fingerprint density at radius 2 is 2.18 bits per heavy atom. The molecule has 17 heavy (non-hydrogen) atoms. The van der Waals surface area contributed by atoms with E-state index in [1.807, 2.05) is 6.92 Å². The first-order valence-corrected chi connectivity index (χ1v) is 6.39. The molecule has 5 nitrogen and oxygen atoms in total. The van der Waals surface area contributed by atoms with Gasteiger partial charge in [0.25, 0.3) is 0 Å². The maximum Gasteiger partial charge on any atom is 0.234 e. The summed E-state index contributed by atoms with van der Waals surface area (Å²) in [6.45, 7) is 6.29. The summed E-state index contributed by atoms with van der Waals surface area (Å²) in [7, 11) is 0. The number of rotatable bonds is 11. The lowest BCUT2D eigenvalue weighted by Crippen LogP contribution is -2.39. The van der Waals surface area contributed by atoms with Crippen LogP contribution in [0.25, 0.3) is 0 Å². The number of carbonyl (C=O) groups is 1. The Kier molecular flexibility index (Phi) is 11.4. The van der Waals surface area contributed by atoms with Crippen LogP contribution in [0.5, 0.6) is 0 Å². The van der Waals surface area contributed by atoms with Gasteiger partial charge in [0.2, 0.25) is 5.91 Å². The van der Waals surface area contributed by atoms with Gasteiger partial charge in [-0.25, -0.2) is 0 Å². The molecule has 1 amide bonds. The average molecular weight is 246 g/mol. The Labute approximate surface area is 104 Å². The van der Waals surface area contributed by atoms with Crippen LogP contribution in [0, 0.1) is 0 Å². The second kappa shape index (κ2) is 11.8. The van der Waals surface area contributed by atoms with E-state index >= 15 is 0 Å². The Morgan fingerprint density at radius 1 is 1.41 bits per heavy atom. The lowest BCUT2D eigenvalue weighted by molar-refractivity contribution is -0.120. The fourth-order valence-corrected chi connectivity index (χ4v) is 1.50. The topological polar surface area (TPSA) is 70.6 Å². The number of hydrogen-bond donors (Lipinski definition) is 3. The SMILES string of the molecule is CCCC(C)NC(=O)CNCCCOCCO. The van der Waals surface area contributed by atoms with Gasteiger partial charge in [-0.1, -0.05) is 13.3 Å². The molecule has 0 radical (unpaired) electrons. The predicted molar refractivity (Wildman–Crippen MR) is 67.9 cm³/mol. The quantitative estimate of drug-likeness (QED) is 0.458. The van der Waals surface area contributed by atoms with Gasteiger partial charge in [-0.05, 0) is 26.3 Å². The van der Waals surface area contributed by atoms with Crippen molar-refractivity contribution >= 4 is 5.91 Å². The number of ether oxygens (including phenoxy) is 1. The maximum atomic E-state index is 11.4. The van der Waals surface area contributed by atoms with E-state index in [0.29, 0.717) is 19.8 Å². The van der Waals surface area contributed by atoms with E-state index in [1.54, 1.807) is 0 Å². The van der Waals surface area contributed by atoms with Gasteiger partial charge in [0, 0.05) is 12.6 Å². The average Bonchev–Trinajstić information content (AvgIpc) is 2.28. The highest BCUT2D eigenvalue weighted by Crippen LogP contribution is 1.93. The molecule has 0 aliphatic rings. The van der Waals surface area contributed by atoms with Gasteiger partial charge in [-0.2, -0.15) is 0 Å². The van der Waals surface area contributed by atoms with Crippen molar-refractivity contribution in [1.29, 1.82) is 0 Å². The van der Waals surface area contributed by atoms with E-state index in [-0.39, 0.29) is 18.6 Å². The predicted octanol–water partition coefficient (Wildman–Crippen LogP) is 0.280. The molecule has 0 aromatic heterocycles. The Balaban J connectivity index is 3.27. The zero-order chi connectivity index (χ0) is 12.9. The van der Waals surface area contributed by atoms with Crippen LogP contribution in [0.4, 0.5) is 0 Å². The van der Waals surface area contributed by atoms with Crippen molar-refractivity contribution in [2.75, 3.05) is 32.9 Å². The molecule has 0 bridgehead atoms. The molecule has 0 aromatic rings. The highest BCUT2D eigenvalue weighted by Gasteiger charge is 2.05. The van der Waals surface area contributed by atoms with E-state index in [2.05, 4.69) is 17.6 Å². The van der Waals surface area contributed by atoms with Crippen LogP contribution in [0.1, 0.15) is 33.1 Å². The lowest BCUT2D eigenvalue weighted by Gasteiger charge is -2.13. The van der Waals surface area contributed by atoms with Crippen molar-refractivity contribution in [2.45, 2.75) is 39.2 Å². The van der Waals surface area contributed by atoms with Crippen LogP contribution in [0.15, 0.2) is 0 Å². The third-order valence-corrected chi connectivity index (χ3v) is 2.29. The van der Waals surface area contributed by atoms with Gasteiger partial charge in [-0.3, -0.25) is 4.79 Å². The highest BCUT2D eigenvalue weighted by molar-refractivity contribution is 5.78. The first kappa shape index (κ1) is 16.4. The second-order valence-electron chi connectivity index (χ2n) is 4.12. The minimum Gasteiger partial charge on any atom is -0.394 e. The number of carbonyl (C=O) groups excluding carboxylic acids is 1. The lowest BCUT2D eigenvalue weighted by atomic mass is 10.2. The molecule has 0 saturated carbocycles. The molecule has 5 heteroatoms. The largest absolute Gasteiger partial charge is 0.394 e. The van der Waals surface area contributed by atoms with Gasteiger partial charge in [0.1, 0.15) is 0 Å². The van der Waals surface area contributed by atoms with Crippen LogP contribution in [-0.4, -0.2) is 50.0 Å². The smallest absolute Gasteiger partial charge is 0.234 e. The Bertz CT molecular complexity index is 189. The van der Waals surface area contributed by atoms with Gasteiger partial charge in [0.05, 0.1) is 19.8 Å². The van der Waals surface area contributed by atoms with Crippen molar-refractivity contribution in [3.63, 3.8) is 0 Å². The molecule has 1 atom stereocenters. The molecule has 102 valence electrons. The van der Waals surface area contributed by atoms with Crippen molar-refractivity contribution < 1.29 is 14.6 Å². The highest BCUT2D eigenvalue weighted by atomic mass is 16.5. The zero-order valence-corrected chi connectivity index (χ0v) is 11.0. The fourth-order valence-electron chi connectivity index (χ4n) is 1.50. The molecule has 0 aliphatic carbocycles.